The zero-order chi connectivity index (χ0) is 18.0. The molecular weight excluding hydrogens is 318 g/mol. The van der Waals surface area contributed by atoms with Gasteiger partial charge >= 0.3 is 6.09 Å². The summed E-state index contributed by atoms with van der Waals surface area (Å²) in [5.74, 6) is 0.0935. The number of hydrogen-bond donors (Lipinski definition) is 4. The third-order valence-electron chi connectivity index (χ3n) is 4.72. The topological polar surface area (TPSA) is 104 Å². The van der Waals surface area contributed by atoms with Gasteiger partial charge in [-0.2, -0.15) is 0 Å². The Morgan fingerprint density at radius 2 is 1.88 bits per heavy atom. The molecule has 0 radical (unpaired) electrons. The van der Waals surface area contributed by atoms with E-state index >= 15 is 0 Å². The lowest BCUT2D eigenvalue weighted by molar-refractivity contribution is 0.102. The van der Waals surface area contributed by atoms with E-state index in [1.54, 1.807) is 18.2 Å². The van der Waals surface area contributed by atoms with Crippen molar-refractivity contribution in [1.82, 2.24) is 0 Å². The highest BCUT2D eigenvalue weighted by molar-refractivity contribution is 6.05. The van der Waals surface area contributed by atoms with Gasteiger partial charge < -0.3 is 16.2 Å². The van der Waals surface area contributed by atoms with Crippen LogP contribution in [-0.2, 0) is 0 Å². The summed E-state index contributed by atoms with van der Waals surface area (Å²) in [6, 6.07) is 14.0. The number of anilines is 2. The maximum absolute atomic E-state index is 12.3. The zero-order valence-electron chi connectivity index (χ0n) is 14.0. The number of hydrogen-bond acceptors (Lipinski definition) is 3. The molecule has 5 N–H and O–H groups in total. The monoisotopic (exact) mass is 339 g/mol. The van der Waals surface area contributed by atoms with E-state index in [0.717, 1.165) is 12.8 Å². The van der Waals surface area contributed by atoms with Crippen LogP contribution in [0, 0.1) is 0 Å². The van der Waals surface area contributed by atoms with Crippen molar-refractivity contribution < 1.29 is 14.7 Å². The third kappa shape index (κ3) is 3.80. The molecule has 2 atom stereocenters. The van der Waals surface area contributed by atoms with Crippen molar-refractivity contribution in [2.24, 2.45) is 5.73 Å². The summed E-state index contributed by atoms with van der Waals surface area (Å²) in [6.45, 7) is 2.10. The second-order valence-corrected chi connectivity index (χ2v) is 6.43. The molecule has 1 fully saturated rings. The molecule has 25 heavy (non-hydrogen) atoms. The summed E-state index contributed by atoms with van der Waals surface area (Å²) in [4.78, 5) is 23.0. The molecule has 6 heteroatoms. The smallest absolute Gasteiger partial charge is 0.409 e. The van der Waals surface area contributed by atoms with Crippen molar-refractivity contribution in [1.29, 1.82) is 0 Å². The molecule has 6 nitrogen and oxygen atoms in total. The Bertz CT molecular complexity index is 804. The minimum absolute atomic E-state index is 0.0810. The fourth-order valence-corrected chi connectivity index (χ4v) is 3.03. The second-order valence-electron chi connectivity index (χ2n) is 6.43. The maximum Gasteiger partial charge on any atom is 0.409 e. The Morgan fingerprint density at radius 1 is 1.16 bits per heavy atom. The number of nitrogens with one attached hydrogen (secondary N) is 2. The molecule has 1 saturated carbocycles. The third-order valence-corrected chi connectivity index (χ3v) is 4.72. The summed E-state index contributed by atoms with van der Waals surface area (Å²) in [7, 11) is 0. The van der Waals surface area contributed by atoms with Gasteiger partial charge in [-0.15, -0.1) is 0 Å². The molecular formula is C19H21N3O3. The molecule has 2 unspecified atom stereocenters. The van der Waals surface area contributed by atoms with Crippen molar-refractivity contribution in [3.63, 3.8) is 0 Å². The summed E-state index contributed by atoms with van der Waals surface area (Å²) < 4.78 is 0. The standard InChI is InChI=1S/C19H21N3O3/c1-2-19(20)11-16(19)12-6-8-14(9-7-12)21-17(23)13-4-3-5-15(10-13)22-18(24)25/h3-10,16,22H,2,11,20H2,1H3,(H,21,23)(H,24,25). The molecule has 0 bridgehead atoms. The number of nitrogens with two attached hydrogens (primary N) is 1. The molecule has 0 saturated heterocycles. The summed E-state index contributed by atoms with van der Waals surface area (Å²) in [6.07, 6.45) is 0.784. The number of benzene rings is 2. The number of carbonyl (C=O) groups excluding carboxylic acids is 1. The number of carbonyl (C=O) groups is 2. The van der Waals surface area contributed by atoms with Crippen LogP contribution in [0.25, 0.3) is 0 Å². The minimum atomic E-state index is -1.17. The molecule has 0 aromatic heterocycles. The van der Waals surface area contributed by atoms with E-state index in [-0.39, 0.29) is 11.4 Å². The van der Waals surface area contributed by atoms with Crippen LogP contribution in [0.5, 0.6) is 0 Å². The summed E-state index contributed by atoms with van der Waals surface area (Å²) >= 11 is 0. The van der Waals surface area contributed by atoms with E-state index in [1.807, 2.05) is 24.3 Å². The van der Waals surface area contributed by atoms with E-state index in [2.05, 4.69) is 17.6 Å². The number of carboxylic acid groups (broad SMARTS) is 1. The van der Waals surface area contributed by atoms with Crippen LogP contribution in [0.15, 0.2) is 48.5 Å². The van der Waals surface area contributed by atoms with E-state index in [4.69, 9.17) is 10.8 Å². The fourth-order valence-electron chi connectivity index (χ4n) is 3.03. The molecule has 0 heterocycles. The largest absolute Gasteiger partial charge is 0.465 e. The Kier molecular flexibility index (Phi) is 4.46. The molecule has 0 aliphatic heterocycles. The SMILES string of the molecule is CCC1(N)CC1c1ccc(NC(=O)c2cccc(NC(=O)O)c2)cc1. The lowest BCUT2D eigenvalue weighted by atomic mass is 10.0. The summed E-state index contributed by atoms with van der Waals surface area (Å²) in [5, 5.41) is 13.8. The van der Waals surface area contributed by atoms with Crippen LogP contribution < -0.4 is 16.4 Å². The molecule has 2 aromatic rings. The molecule has 2 aromatic carbocycles. The van der Waals surface area contributed by atoms with E-state index in [9.17, 15) is 9.59 Å². The van der Waals surface area contributed by atoms with Gasteiger partial charge in [0.25, 0.3) is 5.91 Å². The van der Waals surface area contributed by atoms with Gasteiger partial charge in [-0.25, -0.2) is 4.79 Å². The first-order chi connectivity index (χ1) is 11.9. The zero-order valence-corrected chi connectivity index (χ0v) is 14.0. The van der Waals surface area contributed by atoms with Gasteiger partial charge in [0.2, 0.25) is 0 Å². The average Bonchev–Trinajstić information content (AvgIpc) is 3.28. The first-order valence-electron chi connectivity index (χ1n) is 8.21. The number of amides is 2. The predicted octanol–water partition coefficient (Wildman–Crippen LogP) is 3.62. The average molecular weight is 339 g/mol. The highest BCUT2D eigenvalue weighted by Crippen LogP contribution is 2.51. The van der Waals surface area contributed by atoms with Gasteiger partial charge in [0.15, 0.2) is 0 Å². The molecule has 1 aliphatic rings. The minimum Gasteiger partial charge on any atom is -0.465 e. The first kappa shape index (κ1) is 17.0. The van der Waals surface area contributed by atoms with Crippen molar-refractivity contribution in [3.05, 3.63) is 59.7 Å². The lowest BCUT2D eigenvalue weighted by Crippen LogP contribution is -2.22. The van der Waals surface area contributed by atoms with Crippen molar-refractivity contribution in [3.8, 4) is 0 Å². The van der Waals surface area contributed by atoms with Crippen LogP contribution in [0.1, 0.15) is 41.6 Å². The Balaban J connectivity index is 1.66. The van der Waals surface area contributed by atoms with Gasteiger partial charge in [-0.1, -0.05) is 25.1 Å². The van der Waals surface area contributed by atoms with Gasteiger partial charge in [0.1, 0.15) is 0 Å². The van der Waals surface area contributed by atoms with Crippen LogP contribution >= 0.6 is 0 Å². The van der Waals surface area contributed by atoms with Crippen LogP contribution in [0.4, 0.5) is 16.2 Å². The molecule has 3 rings (SSSR count). The highest BCUT2D eigenvalue weighted by Gasteiger charge is 2.49. The van der Waals surface area contributed by atoms with Crippen LogP contribution in [0.2, 0.25) is 0 Å². The Labute approximate surface area is 146 Å². The van der Waals surface area contributed by atoms with E-state index < -0.39 is 6.09 Å². The van der Waals surface area contributed by atoms with Gasteiger partial charge in [-0.05, 0) is 48.7 Å². The van der Waals surface area contributed by atoms with E-state index in [0.29, 0.717) is 22.9 Å². The Morgan fingerprint density at radius 3 is 2.48 bits per heavy atom. The quantitative estimate of drug-likeness (QED) is 0.667. The molecule has 130 valence electrons. The van der Waals surface area contributed by atoms with Crippen molar-refractivity contribution >= 4 is 23.4 Å². The normalized spacial score (nSPS) is 21.4. The first-order valence-corrected chi connectivity index (χ1v) is 8.21. The van der Waals surface area contributed by atoms with Crippen LogP contribution in [-0.4, -0.2) is 22.6 Å². The molecule has 0 spiro atoms. The van der Waals surface area contributed by atoms with Crippen molar-refractivity contribution in [2.75, 3.05) is 10.6 Å². The Hall–Kier alpha value is -2.86. The summed E-state index contributed by atoms with van der Waals surface area (Å²) in [5.41, 5.74) is 8.77. The molecule has 1 aliphatic carbocycles. The predicted molar refractivity (Wildman–Crippen MR) is 97.1 cm³/mol. The van der Waals surface area contributed by atoms with Gasteiger partial charge in [-0.3, -0.25) is 10.1 Å². The van der Waals surface area contributed by atoms with E-state index in [1.165, 1.54) is 11.6 Å². The maximum atomic E-state index is 12.3. The molecule has 2 amide bonds. The fraction of sp³-hybridized carbons (Fsp3) is 0.263. The highest BCUT2D eigenvalue weighted by atomic mass is 16.4. The van der Waals surface area contributed by atoms with Gasteiger partial charge in [0.05, 0.1) is 0 Å². The van der Waals surface area contributed by atoms with Crippen molar-refractivity contribution in [2.45, 2.75) is 31.2 Å². The number of rotatable bonds is 5. The second kappa shape index (κ2) is 6.57. The van der Waals surface area contributed by atoms with Crippen LogP contribution in [0.3, 0.4) is 0 Å². The lowest BCUT2D eigenvalue weighted by Gasteiger charge is -2.10. The van der Waals surface area contributed by atoms with Gasteiger partial charge in [0, 0.05) is 28.4 Å².